The van der Waals surface area contributed by atoms with Crippen LogP contribution in [0.15, 0.2) is 40.8 Å². The molecule has 1 fully saturated rings. The van der Waals surface area contributed by atoms with Crippen molar-refractivity contribution in [2.24, 2.45) is 0 Å². The third-order valence-electron chi connectivity index (χ3n) is 3.90. The summed E-state index contributed by atoms with van der Waals surface area (Å²) >= 11 is 0. The van der Waals surface area contributed by atoms with Crippen molar-refractivity contribution in [1.29, 1.82) is 5.26 Å². The van der Waals surface area contributed by atoms with E-state index >= 15 is 0 Å². The quantitative estimate of drug-likeness (QED) is 0.882. The van der Waals surface area contributed by atoms with Gasteiger partial charge in [0.15, 0.2) is 5.54 Å². The topological polar surface area (TPSA) is 86.3 Å². The standard InChI is InChI=1S/C17H15N3O3/c1-11-6-7-14(23-11)17(2)15(21)20(16(22)19-17)10-13-5-3-4-12(8-13)9-18/h3-8H,10H2,1-2H3,(H,19,22)/t17-/m0/s1. The normalized spacial score (nSPS) is 20.5. The van der Waals surface area contributed by atoms with Gasteiger partial charge < -0.3 is 9.73 Å². The zero-order valence-electron chi connectivity index (χ0n) is 12.8. The first kappa shape index (κ1) is 14.9. The van der Waals surface area contributed by atoms with Crippen LogP contribution in [0.3, 0.4) is 0 Å². The number of nitriles is 1. The fourth-order valence-electron chi connectivity index (χ4n) is 2.63. The molecule has 3 amide bonds. The molecule has 0 spiro atoms. The van der Waals surface area contributed by atoms with Crippen molar-refractivity contribution in [3.63, 3.8) is 0 Å². The van der Waals surface area contributed by atoms with Crippen molar-refractivity contribution in [1.82, 2.24) is 10.2 Å². The molecular formula is C17H15N3O3. The Morgan fingerprint density at radius 1 is 1.30 bits per heavy atom. The van der Waals surface area contributed by atoms with Gasteiger partial charge in [0.05, 0.1) is 18.2 Å². The van der Waals surface area contributed by atoms with E-state index in [0.29, 0.717) is 22.6 Å². The van der Waals surface area contributed by atoms with Crippen LogP contribution in [0.2, 0.25) is 0 Å². The molecule has 1 atom stereocenters. The number of amides is 3. The molecule has 23 heavy (non-hydrogen) atoms. The highest BCUT2D eigenvalue weighted by atomic mass is 16.3. The molecule has 0 radical (unpaired) electrons. The van der Waals surface area contributed by atoms with E-state index in [4.69, 9.17) is 9.68 Å². The molecular weight excluding hydrogens is 294 g/mol. The zero-order chi connectivity index (χ0) is 16.6. The Morgan fingerprint density at radius 2 is 2.09 bits per heavy atom. The van der Waals surface area contributed by atoms with E-state index < -0.39 is 11.6 Å². The van der Waals surface area contributed by atoms with Crippen molar-refractivity contribution in [2.45, 2.75) is 25.9 Å². The minimum atomic E-state index is -1.21. The van der Waals surface area contributed by atoms with Crippen molar-refractivity contribution in [3.05, 3.63) is 59.0 Å². The molecule has 1 N–H and O–H groups in total. The molecule has 0 unspecified atom stereocenters. The Morgan fingerprint density at radius 3 is 2.74 bits per heavy atom. The molecule has 0 bridgehead atoms. The summed E-state index contributed by atoms with van der Waals surface area (Å²) in [5, 5.41) is 11.6. The largest absolute Gasteiger partial charge is 0.463 e. The predicted molar refractivity (Wildman–Crippen MR) is 81.0 cm³/mol. The van der Waals surface area contributed by atoms with Gasteiger partial charge in [-0.25, -0.2) is 4.79 Å². The molecule has 1 aliphatic rings. The van der Waals surface area contributed by atoms with Crippen LogP contribution in [0.1, 0.15) is 29.6 Å². The lowest BCUT2D eigenvalue weighted by Crippen LogP contribution is -2.40. The number of hydrogen-bond acceptors (Lipinski definition) is 4. The van der Waals surface area contributed by atoms with Gasteiger partial charge in [-0.2, -0.15) is 5.26 Å². The van der Waals surface area contributed by atoms with Crippen LogP contribution in [0, 0.1) is 18.3 Å². The van der Waals surface area contributed by atoms with Gasteiger partial charge in [-0.3, -0.25) is 9.69 Å². The molecule has 3 rings (SSSR count). The molecule has 0 aliphatic carbocycles. The smallest absolute Gasteiger partial charge is 0.325 e. The number of benzene rings is 1. The highest BCUT2D eigenvalue weighted by Crippen LogP contribution is 2.31. The predicted octanol–water partition coefficient (Wildman–Crippen LogP) is 2.43. The Labute approximate surface area is 133 Å². The third kappa shape index (κ3) is 2.46. The number of aryl methyl sites for hydroxylation is 1. The van der Waals surface area contributed by atoms with Crippen LogP contribution >= 0.6 is 0 Å². The van der Waals surface area contributed by atoms with Gasteiger partial charge in [0, 0.05) is 0 Å². The lowest BCUT2D eigenvalue weighted by molar-refractivity contribution is -0.132. The Balaban J connectivity index is 1.88. The highest BCUT2D eigenvalue weighted by molar-refractivity contribution is 6.06. The van der Waals surface area contributed by atoms with Crippen LogP contribution in [0.4, 0.5) is 4.79 Å². The van der Waals surface area contributed by atoms with E-state index in [1.54, 1.807) is 50.2 Å². The SMILES string of the molecule is Cc1ccc([C@]2(C)NC(=O)N(Cc3cccc(C#N)c3)C2=O)o1. The van der Waals surface area contributed by atoms with Gasteiger partial charge in [-0.05, 0) is 43.7 Å². The molecule has 2 heterocycles. The van der Waals surface area contributed by atoms with E-state index in [1.165, 1.54) is 0 Å². The highest BCUT2D eigenvalue weighted by Gasteiger charge is 2.51. The second-order valence-corrected chi connectivity index (χ2v) is 5.67. The zero-order valence-corrected chi connectivity index (χ0v) is 12.8. The summed E-state index contributed by atoms with van der Waals surface area (Å²) in [5.74, 6) is 0.698. The van der Waals surface area contributed by atoms with Gasteiger partial charge in [0.25, 0.3) is 5.91 Å². The Bertz CT molecular complexity index is 834. The van der Waals surface area contributed by atoms with Crippen molar-refractivity contribution in [3.8, 4) is 6.07 Å². The van der Waals surface area contributed by atoms with Crippen LogP contribution in [0.25, 0.3) is 0 Å². The van der Waals surface area contributed by atoms with Crippen LogP contribution < -0.4 is 5.32 Å². The fourth-order valence-corrected chi connectivity index (χ4v) is 2.63. The third-order valence-corrected chi connectivity index (χ3v) is 3.90. The van der Waals surface area contributed by atoms with E-state index in [0.717, 1.165) is 4.90 Å². The summed E-state index contributed by atoms with van der Waals surface area (Å²) in [7, 11) is 0. The summed E-state index contributed by atoms with van der Waals surface area (Å²) in [5.41, 5.74) is -0.00977. The number of nitrogens with one attached hydrogen (secondary N) is 1. The molecule has 1 aromatic carbocycles. The number of nitrogens with zero attached hydrogens (tertiary/aromatic N) is 2. The van der Waals surface area contributed by atoms with E-state index in [2.05, 4.69) is 5.32 Å². The second-order valence-electron chi connectivity index (χ2n) is 5.67. The number of hydrogen-bond donors (Lipinski definition) is 1. The van der Waals surface area contributed by atoms with Gasteiger partial charge in [0.1, 0.15) is 11.5 Å². The van der Waals surface area contributed by atoms with Gasteiger partial charge in [-0.1, -0.05) is 12.1 Å². The number of urea groups is 1. The maximum Gasteiger partial charge on any atom is 0.325 e. The van der Waals surface area contributed by atoms with Crippen molar-refractivity contribution >= 4 is 11.9 Å². The number of imide groups is 1. The molecule has 0 saturated carbocycles. The summed E-state index contributed by atoms with van der Waals surface area (Å²) in [6.07, 6.45) is 0. The number of rotatable bonds is 3. The van der Waals surface area contributed by atoms with Gasteiger partial charge in [-0.15, -0.1) is 0 Å². The van der Waals surface area contributed by atoms with Gasteiger partial charge in [0.2, 0.25) is 0 Å². The molecule has 1 aromatic heterocycles. The van der Waals surface area contributed by atoms with Gasteiger partial charge >= 0.3 is 6.03 Å². The first-order valence-corrected chi connectivity index (χ1v) is 7.14. The molecule has 6 heteroatoms. The summed E-state index contributed by atoms with van der Waals surface area (Å²) in [4.78, 5) is 26.1. The first-order chi connectivity index (χ1) is 10.9. The lowest BCUT2D eigenvalue weighted by Gasteiger charge is -2.19. The summed E-state index contributed by atoms with van der Waals surface area (Å²) < 4.78 is 5.52. The minimum Gasteiger partial charge on any atom is -0.463 e. The number of carbonyl (C=O) groups excluding carboxylic acids is 2. The fraction of sp³-hybridized carbons (Fsp3) is 0.235. The molecule has 1 saturated heterocycles. The number of carbonyl (C=O) groups is 2. The molecule has 2 aromatic rings. The summed E-state index contributed by atoms with van der Waals surface area (Å²) in [6.45, 7) is 3.51. The first-order valence-electron chi connectivity index (χ1n) is 7.14. The van der Waals surface area contributed by atoms with Crippen LogP contribution in [0.5, 0.6) is 0 Å². The van der Waals surface area contributed by atoms with Crippen LogP contribution in [-0.2, 0) is 16.9 Å². The molecule has 6 nitrogen and oxygen atoms in total. The van der Waals surface area contributed by atoms with E-state index in [-0.39, 0.29) is 12.5 Å². The van der Waals surface area contributed by atoms with Crippen molar-refractivity contribution in [2.75, 3.05) is 0 Å². The maximum atomic E-state index is 12.7. The molecule has 1 aliphatic heterocycles. The van der Waals surface area contributed by atoms with Crippen LogP contribution in [-0.4, -0.2) is 16.8 Å². The molecule has 116 valence electrons. The van der Waals surface area contributed by atoms with E-state index in [9.17, 15) is 9.59 Å². The average Bonchev–Trinajstić information content (AvgIpc) is 3.06. The Kier molecular flexibility index (Phi) is 3.41. The van der Waals surface area contributed by atoms with Crippen molar-refractivity contribution < 1.29 is 14.0 Å². The summed E-state index contributed by atoms with van der Waals surface area (Å²) in [6, 6.07) is 11.8. The maximum absolute atomic E-state index is 12.7. The van der Waals surface area contributed by atoms with E-state index in [1.807, 2.05) is 6.07 Å². The lowest BCUT2D eigenvalue weighted by atomic mass is 9.99. The average molecular weight is 309 g/mol. The Hall–Kier alpha value is -3.07. The monoisotopic (exact) mass is 309 g/mol. The minimum absolute atomic E-state index is 0.107. The second kappa shape index (κ2) is 5.29. The number of furan rings is 1.